The molecule has 4 aromatic rings. The Bertz CT molecular complexity index is 958. The van der Waals surface area contributed by atoms with Crippen molar-refractivity contribution in [2.75, 3.05) is 11.5 Å². The highest BCUT2D eigenvalue weighted by atomic mass is 32.1. The molecule has 0 bridgehead atoms. The summed E-state index contributed by atoms with van der Waals surface area (Å²) in [6.45, 7) is 0. The van der Waals surface area contributed by atoms with E-state index in [1.54, 1.807) is 16.1 Å². The van der Waals surface area contributed by atoms with Gasteiger partial charge in [0.15, 0.2) is 17.2 Å². The maximum atomic E-state index is 6.18. The van der Waals surface area contributed by atoms with E-state index in [0.29, 0.717) is 28.0 Å². The lowest BCUT2D eigenvalue weighted by Crippen LogP contribution is -2.05. The zero-order valence-corrected chi connectivity index (χ0v) is 12.2. The van der Waals surface area contributed by atoms with Crippen molar-refractivity contribution in [1.29, 1.82) is 0 Å². The Morgan fingerprint density at radius 2 is 1.86 bits per heavy atom. The predicted molar refractivity (Wildman–Crippen MR) is 86.2 cm³/mol. The number of rotatable bonds is 2. The van der Waals surface area contributed by atoms with Crippen molar-refractivity contribution in [2.24, 2.45) is 0 Å². The van der Waals surface area contributed by atoms with E-state index in [2.05, 4.69) is 20.3 Å². The van der Waals surface area contributed by atoms with Gasteiger partial charge in [0, 0.05) is 10.9 Å². The number of hydrogen-bond donors (Lipinski definition) is 2. The van der Waals surface area contributed by atoms with E-state index < -0.39 is 0 Å². The largest absolute Gasteiger partial charge is 0.383 e. The monoisotopic (exact) mass is 309 g/mol. The number of nitrogen functional groups attached to an aromatic ring is 2. The summed E-state index contributed by atoms with van der Waals surface area (Å²) in [5.41, 5.74) is 14.8. The van der Waals surface area contributed by atoms with E-state index in [0.717, 1.165) is 11.1 Å². The van der Waals surface area contributed by atoms with Gasteiger partial charge in [-0.2, -0.15) is 9.61 Å². The molecular formula is C14H11N7S. The van der Waals surface area contributed by atoms with E-state index in [9.17, 15) is 0 Å². The summed E-state index contributed by atoms with van der Waals surface area (Å²) in [7, 11) is 0. The van der Waals surface area contributed by atoms with Crippen LogP contribution in [0.1, 0.15) is 0 Å². The lowest BCUT2D eigenvalue weighted by molar-refractivity contribution is 0.906. The fraction of sp³-hybridized carbons (Fsp3) is 0. The Labute approximate surface area is 129 Å². The molecular weight excluding hydrogens is 298 g/mol. The minimum Gasteiger partial charge on any atom is -0.383 e. The number of anilines is 2. The molecule has 8 heteroatoms. The summed E-state index contributed by atoms with van der Waals surface area (Å²) in [4.78, 5) is 4.19. The van der Waals surface area contributed by atoms with Gasteiger partial charge in [-0.15, -0.1) is 21.5 Å². The Morgan fingerprint density at radius 3 is 2.59 bits per heavy atom. The molecule has 0 saturated heterocycles. The molecule has 0 radical (unpaired) electrons. The van der Waals surface area contributed by atoms with Crippen molar-refractivity contribution in [3.63, 3.8) is 0 Å². The van der Waals surface area contributed by atoms with Gasteiger partial charge in [-0.3, -0.25) is 0 Å². The molecule has 1 aromatic carbocycles. The standard InChI is InChI=1S/C14H11N7S/c15-10-7-22-14(18-10)11-12(16)21-13(20-19-11)9(6-17-21)8-4-2-1-3-5-8/h1-7H,15-16H2. The Hall–Kier alpha value is -3.00. The van der Waals surface area contributed by atoms with Crippen molar-refractivity contribution < 1.29 is 0 Å². The third-order valence-corrected chi connectivity index (χ3v) is 4.14. The Balaban J connectivity index is 1.91. The molecule has 3 heterocycles. The fourth-order valence-corrected chi connectivity index (χ4v) is 2.93. The molecule has 0 atom stereocenters. The van der Waals surface area contributed by atoms with Gasteiger partial charge < -0.3 is 11.5 Å². The van der Waals surface area contributed by atoms with Gasteiger partial charge in [0.05, 0.1) is 6.20 Å². The van der Waals surface area contributed by atoms with E-state index >= 15 is 0 Å². The van der Waals surface area contributed by atoms with Gasteiger partial charge in [0.25, 0.3) is 0 Å². The quantitative estimate of drug-likeness (QED) is 0.587. The van der Waals surface area contributed by atoms with E-state index in [1.807, 2.05) is 30.3 Å². The number of benzene rings is 1. The third kappa shape index (κ3) is 1.89. The zero-order chi connectivity index (χ0) is 15.1. The van der Waals surface area contributed by atoms with E-state index in [-0.39, 0.29) is 0 Å². The van der Waals surface area contributed by atoms with Crippen LogP contribution in [0.3, 0.4) is 0 Å². The van der Waals surface area contributed by atoms with Crippen LogP contribution in [-0.4, -0.2) is 24.8 Å². The predicted octanol–water partition coefficient (Wildman–Crippen LogP) is 2.08. The molecule has 0 unspecified atom stereocenters. The molecule has 0 fully saturated rings. The lowest BCUT2D eigenvalue weighted by atomic mass is 10.1. The van der Waals surface area contributed by atoms with Crippen molar-refractivity contribution in [2.45, 2.75) is 0 Å². The van der Waals surface area contributed by atoms with E-state index in [4.69, 9.17) is 11.5 Å². The number of nitrogens with zero attached hydrogens (tertiary/aromatic N) is 5. The number of hydrogen-bond acceptors (Lipinski definition) is 7. The number of aromatic nitrogens is 5. The minimum absolute atomic E-state index is 0.390. The number of fused-ring (bicyclic) bond motifs is 1. The molecule has 22 heavy (non-hydrogen) atoms. The molecule has 7 nitrogen and oxygen atoms in total. The van der Waals surface area contributed by atoms with Crippen LogP contribution in [-0.2, 0) is 0 Å². The average molecular weight is 309 g/mol. The van der Waals surface area contributed by atoms with Crippen molar-refractivity contribution >= 4 is 28.6 Å². The normalized spacial score (nSPS) is 11.1. The van der Waals surface area contributed by atoms with Crippen LogP contribution in [0, 0.1) is 0 Å². The van der Waals surface area contributed by atoms with Gasteiger partial charge in [-0.25, -0.2) is 4.98 Å². The number of nitrogens with two attached hydrogens (primary N) is 2. The molecule has 0 spiro atoms. The second-order valence-electron chi connectivity index (χ2n) is 4.67. The van der Waals surface area contributed by atoms with E-state index in [1.165, 1.54) is 11.3 Å². The van der Waals surface area contributed by atoms with Crippen LogP contribution < -0.4 is 11.5 Å². The summed E-state index contributed by atoms with van der Waals surface area (Å²) in [5.74, 6) is 0.827. The molecule has 0 aliphatic heterocycles. The van der Waals surface area contributed by atoms with Gasteiger partial charge in [-0.05, 0) is 5.56 Å². The van der Waals surface area contributed by atoms with Crippen molar-refractivity contribution in [1.82, 2.24) is 24.8 Å². The minimum atomic E-state index is 0.390. The third-order valence-electron chi connectivity index (χ3n) is 3.27. The summed E-state index contributed by atoms with van der Waals surface area (Å²) in [5, 5.41) is 15.1. The first-order chi connectivity index (χ1) is 10.7. The highest BCUT2D eigenvalue weighted by Gasteiger charge is 2.16. The van der Waals surface area contributed by atoms with Crippen LogP contribution >= 0.6 is 11.3 Å². The molecule has 4 rings (SSSR count). The summed E-state index contributed by atoms with van der Waals surface area (Å²) in [6.07, 6.45) is 1.73. The second kappa shape index (κ2) is 4.78. The van der Waals surface area contributed by atoms with Gasteiger partial charge in [-0.1, -0.05) is 30.3 Å². The molecule has 0 saturated carbocycles. The summed E-state index contributed by atoms with van der Waals surface area (Å²) >= 11 is 1.37. The molecule has 0 aliphatic rings. The zero-order valence-electron chi connectivity index (χ0n) is 11.3. The van der Waals surface area contributed by atoms with Gasteiger partial charge in [0.1, 0.15) is 10.8 Å². The summed E-state index contributed by atoms with van der Waals surface area (Å²) < 4.78 is 1.57. The second-order valence-corrected chi connectivity index (χ2v) is 5.53. The summed E-state index contributed by atoms with van der Waals surface area (Å²) in [6, 6.07) is 9.86. The fourth-order valence-electron chi connectivity index (χ4n) is 2.23. The first-order valence-electron chi connectivity index (χ1n) is 6.51. The SMILES string of the molecule is Nc1csc(-c2nnc3c(-c4ccccc4)cnn3c2N)n1. The Morgan fingerprint density at radius 1 is 1.05 bits per heavy atom. The smallest absolute Gasteiger partial charge is 0.187 e. The Kier molecular flexibility index (Phi) is 2.76. The van der Waals surface area contributed by atoms with Crippen LogP contribution in [0.25, 0.3) is 27.5 Å². The van der Waals surface area contributed by atoms with Crippen LogP contribution in [0.4, 0.5) is 11.6 Å². The first-order valence-corrected chi connectivity index (χ1v) is 7.38. The molecule has 0 amide bonds. The van der Waals surface area contributed by atoms with Crippen LogP contribution in [0.5, 0.6) is 0 Å². The van der Waals surface area contributed by atoms with Crippen molar-refractivity contribution in [3.05, 3.63) is 41.9 Å². The molecule has 3 aromatic heterocycles. The van der Waals surface area contributed by atoms with Crippen LogP contribution in [0.15, 0.2) is 41.9 Å². The first kappa shape index (κ1) is 12.7. The lowest BCUT2D eigenvalue weighted by Gasteiger charge is -2.03. The van der Waals surface area contributed by atoms with Crippen LogP contribution in [0.2, 0.25) is 0 Å². The van der Waals surface area contributed by atoms with Crippen molar-refractivity contribution in [3.8, 4) is 21.8 Å². The maximum absolute atomic E-state index is 6.18. The molecule has 0 aliphatic carbocycles. The highest BCUT2D eigenvalue weighted by Crippen LogP contribution is 2.30. The average Bonchev–Trinajstić information content (AvgIpc) is 3.15. The van der Waals surface area contributed by atoms with Gasteiger partial charge in [0.2, 0.25) is 0 Å². The number of thiazole rings is 1. The topological polar surface area (TPSA) is 108 Å². The molecule has 4 N–H and O–H groups in total. The highest BCUT2D eigenvalue weighted by molar-refractivity contribution is 7.13. The van der Waals surface area contributed by atoms with Gasteiger partial charge >= 0.3 is 0 Å². The molecule has 108 valence electrons. The maximum Gasteiger partial charge on any atom is 0.187 e.